The van der Waals surface area contributed by atoms with Crippen molar-refractivity contribution in [3.8, 4) is 0 Å². The normalized spacial score (nSPS) is 10.9. The molecule has 5 nitrogen and oxygen atoms in total. The molecule has 0 bridgehead atoms. The monoisotopic (exact) mass is 272 g/mol. The summed E-state index contributed by atoms with van der Waals surface area (Å²) in [6.07, 6.45) is 4.98. The molecule has 0 atom stereocenters. The third-order valence-electron chi connectivity index (χ3n) is 3.36. The van der Waals surface area contributed by atoms with Gasteiger partial charge in [-0.25, -0.2) is 0 Å². The van der Waals surface area contributed by atoms with E-state index in [2.05, 4.69) is 34.0 Å². The zero-order chi connectivity index (χ0) is 14.4. The first-order valence-electron chi connectivity index (χ1n) is 6.95. The molecular weight excluding hydrogens is 252 g/mol. The number of amides is 1. The predicted molar refractivity (Wildman–Crippen MR) is 79.7 cm³/mol. The van der Waals surface area contributed by atoms with Crippen molar-refractivity contribution in [1.29, 1.82) is 0 Å². The summed E-state index contributed by atoms with van der Waals surface area (Å²) in [5.74, 6) is -0.117. The Morgan fingerprint density at radius 1 is 1.30 bits per heavy atom. The van der Waals surface area contributed by atoms with Crippen LogP contribution in [-0.4, -0.2) is 47.0 Å². The molecule has 1 N–H and O–H groups in total. The SMILES string of the molecule is CCN(CC)CCNC(=O)c1cncc2cccnc12. The summed E-state index contributed by atoms with van der Waals surface area (Å²) >= 11 is 0. The summed E-state index contributed by atoms with van der Waals surface area (Å²) in [5, 5.41) is 3.81. The minimum atomic E-state index is -0.117. The maximum absolute atomic E-state index is 12.2. The van der Waals surface area contributed by atoms with Crippen molar-refractivity contribution >= 4 is 16.8 Å². The molecule has 0 radical (unpaired) electrons. The Morgan fingerprint density at radius 3 is 2.85 bits per heavy atom. The average Bonchev–Trinajstić information content (AvgIpc) is 2.51. The van der Waals surface area contributed by atoms with Gasteiger partial charge in [0.1, 0.15) is 0 Å². The van der Waals surface area contributed by atoms with Crippen LogP contribution < -0.4 is 5.32 Å². The Bertz CT molecular complexity index is 576. The number of fused-ring (bicyclic) bond motifs is 1. The van der Waals surface area contributed by atoms with E-state index >= 15 is 0 Å². The number of aromatic nitrogens is 2. The second-order valence-electron chi connectivity index (χ2n) is 4.54. The summed E-state index contributed by atoms with van der Waals surface area (Å²) in [6.45, 7) is 7.69. The fourth-order valence-electron chi connectivity index (χ4n) is 2.13. The molecule has 0 aliphatic rings. The molecule has 20 heavy (non-hydrogen) atoms. The highest BCUT2D eigenvalue weighted by Gasteiger charge is 2.11. The van der Waals surface area contributed by atoms with E-state index in [1.165, 1.54) is 0 Å². The Labute approximate surface area is 119 Å². The largest absolute Gasteiger partial charge is 0.351 e. The van der Waals surface area contributed by atoms with E-state index in [-0.39, 0.29) is 5.91 Å². The molecule has 0 fully saturated rings. The van der Waals surface area contributed by atoms with Gasteiger partial charge in [-0.05, 0) is 25.2 Å². The van der Waals surface area contributed by atoms with Gasteiger partial charge in [0.25, 0.3) is 5.91 Å². The number of likely N-dealkylation sites (N-methyl/N-ethyl adjacent to an activating group) is 1. The molecule has 2 heterocycles. The van der Waals surface area contributed by atoms with Crippen molar-refractivity contribution in [2.24, 2.45) is 0 Å². The van der Waals surface area contributed by atoms with Crippen LogP contribution in [0.15, 0.2) is 30.7 Å². The highest BCUT2D eigenvalue weighted by Crippen LogP contribution is 2.13. The van der Waals surface area contributed by atoms with Crippen LogP contribution in [0.5, 0.6) is 0 Å². The van der Waals surface area contributed by atoms with Gasteiger partial charge in [0, 0.05) is 37.1 Å². The van der Waals surface area contributed by atoms with Gasteiger partial charge in [-0.3, -0.25) is 14.8 Å². The van der Waals surface area contributed by atoms with E-state index in [9.17, 15) is 4.79 Å². The fourth-order valence-corrected chi connectivity index (χ4v) is 2.13. The van der Waals surface area contributed by atoms with Crippen LogP contribution in [0.3, 0.4) is 0 Å². The number of nitrogens with one attached hydrogen (secondary N) is 1. The number of pyridine rings is 2. The van der Waals surface area contributed by atoms with Crippen molar-refractivity contribution in [2.75, 3.05) is 26.2 Å². The Balaban J connectivity index is 2.05. The lowest BCUT2D eigenvalue weighted by atomic mass is 10.2. The van der Waals surface area contributed by atoms with Crippen LogP contribution >= 0.6 is 0 Å². The lowest BCUT2D eigenvalue weighted by Gasteiger charge is -2.18. The highest BCUT2D eigenvalue weighted by atomic mass is 16.1. The zero-order valence-corrected chi connectivity index (χ0v) is 12.0. The van der Waals surface area contributed by atoms with Gasteiger partial charge >= 0.3 is 0 Å². The highest BCUT2D eigenvalue weighted by molar-refractivity contribution is 6.04. The molecule has 2 rings (SSSR count). The van der Waals surface area contributed by atoms with Crippen molar-refractivity contribution in [2.45, 2.75) is 13.8 Å². The van der Waals surface area contributed by atoms with E-state index in [4.69, 9.17) is 0 Å². The fraction of sp³-hybridized carbons (Fsp3) is 0.400. The topological polar surface area (TPSA) is 58.1 Å². The molecule has 0 aliphatic heterocycles. The molecule has 0 aromatic carbocycles. The Morgan fingerprint density at radius 2 is 2.10 bits per heavy atom. The van der Waals surface area contributed by atoms with Gasteiger partial charge in [-0.15, -0.1) is 0 Å². The first kappa shape index (κ1) is 14.4. The van der Waals surface area contributed by atoms with E-state index in [0.29, 0.717) is 17.6 Å². The number of rotatable bonds is 6. The second kappa shape index (κ2) is 6.96. The Kier molecular flexibility index (Phi) is 5.01. The van der Waals surface area contributed by atoms with Gasteiger partial charge < -0.3 is 10.2 Å². The van der Waals surface area contributed by atoms with Crippen LogP contribution in [0.4, 0.5) is 0 Å². The molecule has 0 unspecified atom stereocenters. The summed E-state index contributed by atoms with van der Waals surface area (Å²) in [4.78, 5) is 22.8. The van der Waals surface area contributed by atoms with Crippen molar-refractivity contribution in [1.82, 2.24) is 20.2 Å². The molecule has 2 aromatic heterocycles. The van der Waals surface area contributed by atoms with Crippen molar-refractivity contribution < 1.29 is 4.79 Å². The summed E-state index contributed by atoms with van der Waals surface area (Å²) < 4.78 is 0. The minimum absolute atomic E-state index is 0.117. The maximum Gasteiger partial charge on any atom is 0.255 e. The van der Waals surface area contributed by atoms with E-state index in [1.54, 1.807) is 18.6 Å². The van der Waals surface area contributed by atoms with Crippen molar-refractivity contribution in [3.63, 3.8) is 0 Å². The zero-order valence-electron chi connectivity index (χ0n) is 12.0. The maximum atomic E-state index is 12.2. The summed E-state index contributed by atoms with van der Waals surface area (Å²) in [7, 11) is 0. The van der Waals surface area contributed by atoms with Gasteiger partial charge in [0.05, 0.1) is 11.1 Å². The molecule has 0 saturated heterocycles. The summed E-state index contributed by atoms with van der Waals surface area (Å²) in [5.41, 5.74) is 1.23. The molecule has 5 heteroatoms. The van der Waals surface area contributed by atoms with Crippen LogP contribution in [0.2, 0.25) is 0 Å². The number of carbonyl (C=O) groups is 1. The standard InChI is InChI=1S/C15H20N4O/c1-3-19(4-2)9-8-18-15(20)13-11-16-10-12-6-5-7-17-14(12)13/h5-7,10-11H,3-4,8-9H2,1-2H3,(H,18,20). The first-order valence-corrected chi connectivity index (χ1v) is 6.95. The van der Waals surface area contributed by atoms with Gasteiger partial charge in [0.15, 0.2) is 0 Å². The Hall–Kier alpha value is -2.01. The minimum Gasteiger partial charge on any atom is -0.351 e. The second-order valence-corrected chi connectivity index (χ2v) is 4.54. The molecule has 2 aromatic rings. The van der Waals surface area contributed by atoms with Crippen LogP contribution in [0.25, 0.3) is 10.9 Å². The lowest BCUT2D eigenvalue weighted by molar-refractivity contribution is 0.0950. The molecule has 1 amide bonds. The van der Waals surface area contributed by atoms with Gasteiger partial charge in [-0.1, -0.05) is 13.8 Å². The molecular formula is C15H20N4O. The smallest absolute Gasteiger partial charge is 0.255 e. The van der Waals surface area contributed by atoms with Gasteiger partial charge in [0.2, 0.25) is 0 Å². The third-order valence-corrected chi connectivity index (χ3v) is 3.36. The number of carbonyl (C=O) groups excluding carboxylic acids is 1. The molecule has 106 valence electrons. The lowest BCUT2D eigenvalue weighted by Crippen LogP contribution is -2.34. The predicted octanol–water partition coefficient (Wildman–Crippen LogP) is 1.70. The average molecular weight is 272 g/mol. The van der Waals surface area contributed by atoms with Crippen LogP contribution in [0, 0.1) is 0 Å². The molecule has 0 aliphatic carbocycles. The van der Waals surface area contributed by atoms with Crippen LogP contribution in [-0.2, 0) is 0 Å². The van der Waals surface area contributed by atoms with Crippen molar-refractivity contribution in [3.05, 3.63) is 36.3 Å². The number of hydrogen-bond acceptors (Lipinski definition) is 4. The number of nitrogens with zero attached hydrogens (tertiary/aromatic N) is 3. The molecule has 0 spiro atoms. The summed E-state index contributed by atoms with van der Waals surface area (Å²) in [6, 6.07) is 3.74. The van der Waals surface area contributed by atoms with E-state index in [1.807, 2.05) is 12.1 Å². The van der Waals surface area contributed by atoms with E-state index < -0.39 is 0 Å². The van der Waals surface area contributed by atoms with Crippen LogP contribution in [0.1, 0.15) is 24.2 Å². The van der Waals surface area contributed by atoms with E-state index in [0.717, 1.165) is 25.0 Å². The number of hydrogen-bond donors (Lipinski definition) is 1. The third kappa shape index (κ3) is 3.30. The first-order chi connectivity index (χ1) is 9.76. The molecule has 0 saturated carbocycles. The van der Waals surface area contributed by atoms with Gasteiger partial charge in [-0.2, -0.15) is 0 Å². The quantitative estimate of drug-likeness (QED) is 0.869.